The lowest BCUT2D eigenvalue weighted by Gasteiger charge is -2.26. The Morgan fingerprint density at radius 1 is 0.684 bits per heavy atom. The van der Waals surface area contributed by atoms with Crippen molar-refractivity contribution in [2.24, 2.45) is 0 Å². The van der Waals surface area contributed by atoms with Crippen LogP contribution in [0.4, 0.5) is 0 Å². The van der Waals surface area contributed by atoms with E-state index in [1.54, 1.807) is 5.56 Å². The van der Waals surface area contributed by atoms with Crippen molar-refractivity contribution in [1.29, 1.82) is 0 Å². The highest BCUT2D eigenvalue weighted by Crippen LogP contribution is 2.63. The molecule has 4 heterocycles. The van der Waals surface area contributed by atoms with E-state index in [9.17, 15) is 0 Å². The molecular weight excluding hydrogens is 807 g/mol. The van der Waals surface area contributed by atoms with Crippen molar-refractivity contribution in [2.45, 2.75) is 49.2 Å². The number of rotatable bonds is 2. The van der Waals surface area contributed by atoms with E-state index in [4.69, 9.17) is 0 Å². The summed E-state index contributed by atoms with van der Waals surface area (Å²) < 4.78 is 8.75. The predicted octanol–water partition coefficient (Wildman–Crippen LogP) is 12.4. The van der Waals surface area contributed by atoms with Gasteiger partial charge in [-0.3, -0.25) is 0 Å². The zero-order chi connectivity index (χ0) is 26.5. The lowest BCUT2D eigenvalue weighted by molar-refractivity contribution is 0.669. The molecule has 2 aromatic carbocycles. The van der Waals surface area contributed by atoms with E-state index in [0.29, 0.717) is 0 Å². The number of halogens is 2. The summed E-state index contributed by atoms with van der Waals surface area (Å²) in [7, 11) is 0. The third-order valence-electron chi connectivity index (χ3n) is 8.56. The average Bonchev–Trinajstić information content (AvgIpc) is 3.64. The maximum absolute atomic E-state index is 4.67. The van der Waals surface area contributed by atoms with Gasteiger partial charge in [-0.15, -0.1) is 57.1 Å². The van der Waals surface area contributed by atoms with Gasteiger partial charge < -0.3 is 0 Å². The van der Waals surface area contributed by atoms with Gasteiger partial charge in [-0.05, 0) is 95.6 Å². The molecule has 0 saturated heterocycles. The fourth-order valence-corrected chi connectivity index (χ4v) is 17.9. The van der Waals surface area contributed by atoms with Gasteiger partial charge in [-0.2, -0.15) is 12.6 Å². The lowest BCUT2D eigenvalue weighted by Crippen LogP contribution is -2.17. The van der Waals surface area contributed by atoms with Gasteiger partial charge in [0.05, 0.1) is 24.6 Å². The molecule has 6 aromatic rings. The fraction of sp³-hybridized carbons (Fsp3) is 0.267. The Kier molecular flexibility index (Phi) is 5.71. The summed E-state index contributed by atoms with van der Waals surface area (Å²) in [5.41, 5.74) is 10.4. The molecule has 0 spiro atoms. The minimum absolute atomic E-state index is 0.0214. The van der Waals surface area contributed by atoms with E-state index in [1.165, 1.54) is 83.4 Å². The second kappa shape index (κ2) is 8.39. The highest BCUT2D eigenvalue weighted by atomic mass is 127. The molecule has 0 aliphatic heterocycles. The van der Waals surface area contributed by atoms with Gasteiger partial charge in [-0.1, -0.05) is 52.0 Å². The summed E-state index contributed by atoms with van der Waals surface area (Å²) in [4.78, 5) is 4.43. The average molecular weight is 829 g/mol. The van der Waals surface area contributed by atoms with E-state index in [0.717, 1.165) is 5.75 Å². The Morgan fingerprint density at radius 3 is 1.71 bits per heavy atom. The maximum atomic E-state index is 4.67. The first-order valence-electron chi connectivity index (χ1n) is 12.4. The summed E-state index contributed by atoms with van der Waals surface area (Å²) in [5.74, 6) is 0.809. The monoisotopic (exact) mass is 828 g/mol. The van der Waals surface area contributed by atoms with Crippen LogP contribution in [0.3, 0.4) is 0 Å². The largest absolute Gasteiger partial charge is 0.174 e. The maximum Gasteiger partial charge on any atom is 0.0810 e. The lowest BCUT2D eigenvalue weighted by atomic mass is 9.76. The van der Waals surface area contributed by atoms with Crippen LogP contribution >= 0.6 is 115 Å². The summed E-state index contributed by atoms with van der Waals surface area (Å²) in [6.45, 7) is 9.82. The normalized spacial score (nSPS) is 16.5. The van der Waals surface area contributed by atoms with Crippen molar-refractivity contribution < 1.29 is 0 Å². The molecule has 38 heavy (non-hydrogen) atoms. The van der Waals surface area contributed by atoms with Crippen molar-refractivity contribution in [2.75, 3.05) is 6.26 Å². The first kappa shape index (κ1) is 25.9. The van der Waals surface area contributed by atoms with Gasteiger partial charge in [0, 0.05) is 36.8 Å². The van der Waals surface area contributed by atoms with Crippen LogP contribution in [0.25, 0.3) is 50.5 Å². The van der Waals surface area contributed by atoms with E-state index in [1.807, 2.05) is 57.1 Å². The molecule has 0 nitrogen and oxygen atoms in total. The molecule has 0 saturated carbocycles. The van der Waals surface area contributed by atoms with Crippen molar-refractivity contribution in [3.63, 3.8) is 0 Å². The van der Waals surface area contributed by atoms with Gasteiger partial charge in [0.15, 0.2) is 0 Å². The smallest absolute Gasteiger partial charge is 0.0810 e. The van der Waals surface area contributed by atoms with E-state index in [-0.39, 0.29) is 10.8 Å². The number of hydrogen-bond acceptors (Lipinski definition) is 6. The molecule has 0 unspecified atom stereocenters. The standard InChI is InChI=1S/C30H22I2S6/c1-29(2)16-11-7-9-14-17(30(3,4)19-21(14)36-25-24(19)38-28(32)26(25)34-5)12(11)6-8-13(16)20-18(29)23-22(35-20)15(10-33)27(31)37-23/h6-9,33H,10H2,1-5H3. The van der Waals surface area contributed by atoms with Crippen LogP contribution in [0.1, 0.15) is 55.5 Å². The molecular formula is C30H22I2S6. The van der Waals surface area contributed by atoms with Crippen LogP contribution in [0.5, 0.6) is 0 Å². The minimum Gasteiger partial charge on any atom is -0.174 e. The van der Waals surface area contributed by atoms with Crippen LogP contribution in [-0.4, -0.2) is 6.26 Å². The molecule has 0 fully saturated rings. The summed E-state index contributed by atoms with van der Waals surface area (Å²) in [6, 6.07) is 9.77. The predicted molar refractivity (Wildman–Crippen MR) is 196 cm³/mol. The first-order chi connectivity index (χ1) is 18.1. The zero-order valence-electron chi connectivity index (χ0n) is 21.3. The van der Waals surface area contributed by atoms with Gasteiger partial charge in [0.1, 0.15) is 0 Å². The van der Waals surface area contributed by atoms with Gasteiger partial charge in [0.25, 0.3) is 0 Å². The Hall–Kier alpha value is 0.180. The number of benzene rings is 2. The van der Waals surface area contributed by atoms with Crippen molar-refractivity contribution in [3.05, 3.63) is 57.9 Å². The molecule has 0 bridgehead atoms. The molecule has 0 atom stereocenters. The number of thiol groups is 1. The van der Waals surface area contributed by atoms with Crippen molar-refractivity contribution >= 4 is 144 Å². The van der Waals surface area contributed by atoms with Crippen LogP contribution in [0.15, 0.2) is 29.2 Å². The molecule has 2 aliphatic carbocycles. The quantitative estimate of drug-likeness (QED) is 0.103. The fourth-order valence-electron chi connectivity index (χ4n) is 7.04. The molecule has 2 aliphatic rings. The van der Waals surface area contributed by atoms with Crippen LogP contribution < -0.4 is 0 Å². The van der Waals surface area contributed by atoms with Crippen LogP contribution in [0, 0.1) is 5.77 Å². The highest BCUT2D eigenvalue weighted by Gasteiger charge is 2.45. The minimum atomic E-state index is -0.0313. The molecule has 0 N–H and O–H groups in total. The zero-order valence-corrected chi connectivity index (χ0v) is 30.6. The third kappa shape index (κ3) is 3.00. The van der Waals surface area contributed by atoms with E-state index < -0.39 is 0 Å². The second-order valence-electron chi connectivity index (χ2n) is 11.2. The molecule has 8 rings (SSSR count). The van der Waals surface area contributed by atoms with E-state index in [2.05, 4.69) is 116 Å². The molecule has 8 heteroatoms. The van der Waals surface area contributed by atoms with Crippen LogP contribution in [0.2, 0.25) is 0 Å². The summed E-state index contributed by atoms with van der Waals surface area (Å²) in [5, 5.41) is 2.88. The molecule has 4 aromatic heterocycles. The van der Waals surface area contributed by atoms with Gasteiger partial charge in [0.2, 0.25) is 0 Å². The van der Waals surface area contributed by atoms with Crippen molar-refractivity contribution in [3.8, 4) is 20.9 Å². The van der Waals surface area contributed by atoms with Crippen LogP contribution in [-0.2, 0) is 16.6 Å². The Bertz CT molecular complexity index is 1880. The number of fused-ring (bicyclic) bond motifs is 13. The Balaban J connectivity index is 1.41. The number of thiophene rings is 4. The number of hydrogen-bond donors (Lipinski definition) is 1. The summed E-state index contributed by atoms with van der Waals surface area (Å²) in [6.07, 6.45) is 2.21. The second-order valence-corrected chi connectivity index (χ2v) is 20.0. The topological polar surface area (TPSA) is 0 Å². The molecule has 0 amide bonds. The highest BCUT2D eigenvalue weighted by molar-refractivity contribution is 14.1. The van der Waals surface area contributed by atoms with E-state index >= 15 is 0 Å². The first-order valence-corrected chi connectivity index (χ1v) is 19.6. The molecule has 192 valence electrons. The van der Waals surface area contributed by atoms with Gasteiger partial charge in [-0.25, -0.2) is 0 Å². The Morgan fingerprint density at radius 2 is 1.18 bits per heavy atom. The Labute approximate surface area is 275 Å². The van der Waals surface area contributed by atoms with Gasteiger partial charge >= 0.3 is 0 Å². The number of thioether (sulfide) groups is 1. The third-order valence-corrected chi connectivity index (χ3v) is 17.6. The molecule has 0 radical (unpaired) electrons. The SMILES string of the molecule is CSc1c(I)sc2c3c(sc12)-c1ccc2c4c(ccc2c1C3(C)C)-c1sc2c(CS)c(I)sc2c1C4(C)C. The van der Waals surface area contributed by atoms with Crippen molar-refractivity contribution in [1.82, 2.24) is 0 Å². The summed E-state index contributed by atoms with van der Waals surface area (Å²) >= 11 is 19.6.